The summed E-state index contributed by atoms with van der Waals surface area (Å²) < 4.78 is 7.15. The lowest BCUT2D eigenvalue weighted by atomic mass is 10.0. The van der Waals surface area contributed by atoms with Gasteiger partial charge in [0, 0.05) is 22.9 Å². The molecule has 6 heteroatoms. The number of carbonyl (C=O) groups excluding carboxylic acids is 1. The van der Waals surface area contributed by atoms with Gasteiger partial charge in [0.15, 0.2) is 0 Å². The third-order valence-corrected chi connectivity index (χ3v) is 5.69. The van der Waals surface area contributed by atoms with Crippen LogP contribution >= 0.6 is 0 Å². The van der Waals surface area contributed by atoms with Crippen LogP contribution in [0.15, 0.2) is 96.7 Å². The van der Waals surface area contributed by atoms with Crippen molar-refractivity contribution in [1.82, 2.24) is 15.2 Å². The van der Waals surface area contributed by atoms with E-state index >= 15 is 0 Å². The lowest BCUT2D eigenvalue weighted by Gasteiger charge is -2.15. The number of hydrogen-bond donors (Lipinski definition) is 1. The van der Waals surface area contributed by atoms with E-state index in [1.807, 2.05) is 109 Å². The Morgan fingerprint density at radius 1 is 0.909 bits per heavy atom. The van der Waals surface area contributed by atoms with Crippen molar-refractivity contribution < 1.29 is 9.53 Å². The van der Waals surface area contributed by atoms with E-state index in [4.69, 9.17) is 9.84 Å². The van der Waals surface area contributed by atoms with Gasteiger partial charge < -0.3 is 4.74 Å². The van der Waals surface area contributed by atoms with Crippen molar-refractivity contribution in [1.29, 1.82) is 0 Å². The zero-order valence-electron chi connectivity index (χ0n) is 18.5. The molecule has 0 saturated carbocycles. The zero-order valence-corrected chi connectivity index (χ0v) is 18.5. The molecule has 0 bridgehead atoms. The van der Waals surface area contributed by atoms with E-state index in [9.17, 15) is 4.79 Å². The number of ether oxygens (including phenoxy) is 1. The summed E-state index contributed by atoms with van der Waals surface area (Å²) in [5.41, 5.74) is 8.34. The molecule has 2 heterocycles. The van der Waals surface area contributed by atoms with Gasteiger partial charge in [-0.2, -0.15) is 5.10 Å². The molecule has 1 N–H and O–H groups in total. The maximum Gasteiger partial charge on any atom is 0.270 e. The number of rotatable bonds is 5. The average molecular weight is 437 g/mol. The van der Waals surface area contributed by atoms with E-state index in [1.54, 1.807) is 12.1 Å². The van der Waals surface area contributed by atoms with Crippen molar-refractivity contribution in [2.75, 3.05) is 12.1 Å². The highest BCUT2D eigenvalue weighted by Crippen LogP contribution is 2.30. The SMILES string of the molecule is COc1ccc(-c2nn(-c3ccccc3)cc2/C=C2\C(=O)N(c3ccccc3)N[C@H]2C)cc1. The topological polar surface area (TPSA) is 59.4 Å². The fourth-order valence-electron chi connectivity index (χ4n) is 3.94. The second kappa shape index (κ2) is 8.76. The molecule has 0 radical (unpaired) electrons. The van der Waals surface area contributed by atoms with E-state index < -0.39 is 0 Å². The summed E-state index contributed by atoms with van der Waals surface area (Å²) >= 11 is 0. The van der Waals surface area contributed by atoms with Crippen LogP contribution < -0.4 is 15.2 Å². The molecule has 1 atom stereocenters. The molecule has 1 saturated heterocycles. The first-order valence-corrected chi connectivity index (χ1v) is 10.8. The van der Waals surface area contributed by atoms with Crippen LogP contribution in [-0.2, 0) is 4.79 Å². The Hall–Kier alpha value is -4.16. The fourth-order valence-corrected chi connectivity index (χ4v) is 3.94. The number of amides is 1. The van der Waals surface area contributed by atoms with Gasteiger partial charge in [0.25, 0.3) is 5.91 Å². The van der Waals surface area contributed by atoms with E-state index in [-0.39, 0.29) is 11.9 Å². The van der Waals surface area contributed by atoms with Crippen LogP contribution in [0.1, 0.15) is 12.5 Å². The van der Waals surface area contributed by atoms with Crippen LogP contribution in [-0.4, -0.2) is 28.8 Å². The number of methoxy groups -OCH3 is 1. The molecule has 5 rings (SSSR count). The average Bonchev–Trinajstić information content (AvgIpc) is 3.42. The number of aromatic nitrogens is 2. The normalized spacial score (nSPS) is 17.0. The number of anilines is 1. The Morgan fingerprint density at radius 2 is 1.55 bits per heavy atom. The first kappa shape index (κ1) is 20.7. The predicted molar refractivity (Wildman–Crippen MR) is 130 cm³/mol. The second-order valence-electron chi connectivity index (χ2n) is 7.87. The van der Waals surface area contributed by atoms with Gasteiger partial charge >= 0.3 is 0 Å². The van der Waals surface area contributed by atoms with E-state index in [1.165, 1.54) is 0 Å². The van der Waals surface area contributed by atoms with Gasteiger partial charge in [-0.15, -0.1) is 0 Å². The standard InChI is InChI=1S/C27H24N4O2/c1-19-25(27(32)31(28-19)23-11-7-4-8-12-23)17-21-18-30(22-9-5-3-6-10-22)29-26(21)20-13-15-24(33-2)16-14-20/h3-19,28H,1-2H3/b25-17-/t19-/m0/s1. The van der Waals surface area contributed by atoms with Crippen molar-refractivity contribution in [3.8, 4) is 22.7 Å². The number of hydrazine groups is 1. The Morgan fingerprint density at radius 3 is 2.18 bits per heavy atom. The summed E-state index contributed by atoms with van der Waals surface area (Å²) in [5.74, 6) is 0.713. The van der Waals surface area contributed by atoms with Gasteiger partial charge in [0.05, 0.1) is 30.2 Å². The smallest absolute Gasteiger partial charge is 0.270 e. The minimum atomic E-state index is -0.138. The Bertz CT molecular complexity index is 1300. The summed E-state index contributed by atoms with van der Waals surface area (Å²) in [5, 5.41) is 6.46. The van der Waals surface area contributed by atoms with Crippen molar-refractivity contribution >= 4 is 17.7 Å². The van der Waals surface area contributed by atoms with Gasteiger partial charge in [-0.1, -0.05) is 36.4 Å². The molecule has 4 aromatic rings. The molecule has 6 nitrogen and oxygen atoms in total. The molecule has 0 unspecified atom stereocenters. The Kier molecular flexibility index (Phi) is 5.50. The monoisotopic (exact) mass is 436 g/mol. The van der Waals surface area contributed by atoms with Crippen molar-refractivity contribution in [2.45, 2.75) is 13.0 Å². The number of carbonyl (C=O) groups is 1. The van der Waals surface area contributed by atoms with Gasteiger partial charge in [-0.05, 0) is 61.5 Å². The molecule has 1 fully saturated rings. The maximum absolute atomic E-state index is 13.3. The first-order chi connectivity index (χ1) is 16.1. The summed E-state index contributed by atoms with van der Waals surface area (Å²) in [6.45, 7) is 1.99. The Balaban J connectivity index is 1.58. The summed E-state index contributed by atoms with van der Waals surface area (Å²) in [7, 11) is 1.65. The summed E-state index contributed by atoms with van der Waals surface area (Å²) in [6.07, 6.45) is 3.90. The van der Waals surface area contributed by atoms with Gasteiger partial charge in [-0.25, -0.2) is 15.1 Å². The second-order valence-corrected chi connectivity index (χ2v) is 7.87. The molecule has 0 aliphatic carbocycles. The van der Waals surface area contributed by atoms with Gasteiger partial charge in [0.2, 0.25) is 0 Å². The van der Waals surface area contributed by atoms with Crippen LogP contribution in [0.4, 0.5) is 5.69 Å². The quantitative estimate of drug-likeness (QED) is 0.454. The van der Waals surface area contributed by atoms with Crippen LogP contribution in [0.5, 0.6) is 5.75 Å². The highest BCUT2D eigenvalue weighted by Gasteiger charge is 2.33. The van der Waals surface area contributed by atoms with Gasteiger partial charge in [-0.3, -0.25) is 4.79 Å². The van der Waals surface area contributed by atoms with Crippen LogP contribution in [0.25, 0.3) is 23.0 Å². The Labute approximate surface area is 192 Å². The number of para-hydroxylation sites is 2. The maximum atomic E-state index is 13.3. The van der Waals surface area contributed by atoms with Crippen LogP contribution in [0.3, 0.4) is 0 Å². The predicted octanol–water partition coefficient (Wildman–Crippen LogP) is 4.87. The summed E-state index contributed by atoms with van der Waals surface area (Å²) in [4.78, 5) is 13.3. The highest BCUT2D eigenvalue weighted by atomic mass is 16.5. The van der Waals surface area contributed by atoms with E-state index in [2.05, 4.69) is 5.43 Å². The highest BCUT2D eigenvalue weighted by molar-refractivity contribution is 6.11. The molecule has 1 aromatic heterocycles. The van der Waals surface area contributed by atoms with Crippen LogP contribution in [0, 0.1) is 0 Å². The molecular weight excluding hydrogens is 412 g/mol. The first-order valence-electron chi connectivity index (χ1n) is 10.8. The summed E-state index contributed by atoms with van der Waals surface area (Å²) in [6, 6.07) is 27.2. The van der Waals surface area contributed by atoms with E-state index in [0.29, 0.717) is 5.57 Å². The van der Waals surface area contributed by atoms with Crippen molar-refractivity contribution in [3.63, 3.8) is 0 Å². The number of nitrogens with zero attached hydrogens (tertiary/aromatic N) is 3. The molecule has 164 valence electrons. The molecule has 33 heavy (non-hydrogen) atoms. The van der Waals surface area contributed by atoms with E-state index in [0.717, 1.165) is 33.9 Å². The molecular formula is C27H24N4O2. The molecule has 1 aliphatic heterocycles. The number of hydrogen-bond acceptors (Lipinski definition) is 4. The largest absolute Gasteiger partial charge is 0.497 e. The third-order valence-electron chi connectivity index (χ3n) is 5.69. The third kappa shape index (κ3) is 4.04. The lowest BCUT2D eigenvalue weighted by molar-refractivity contribution is -0.114. The molecule has 0 spiro atoms. The number of nitrogens with one attached hydrogen (secondary N) is 1. The van der Waals surface area contributed by atoms with Crippen LogP contribution in [0.2, 0.25) is 0 Å². The van der Waals surface area contributed by atoms with Crippen molar-refractivity contribution in [3.05, 3.63) is 102 Å². The fraction of sp³-hybridized carbons (Fsp3) is 0.111. The number of benzene rings is 3. The van der Waals surface area contributed by atoms with Crippen molar-refractivity contribution in [2.24, 2.45) is 0 Å². The molecule has 3 aromatic carbocycles. The minimum absolute atomic E-state index is 0.0677. The van der Waals surface area contributed by atoms with Gasteiger partial charge in [0.1, 0.15) is 5.75 Å². The molecule has 1 amide bonds. The minimum Gasteiger partial charge on any atom is -0.497 e. The zero-order chi connectivity index (χ0) is 22.8. The lowest BCUT2D eigenvalue weighted by Crippen LogP contribution is -2.36. The molecule has 1 aliphatic rings.